The number of aliphatic hydroxyl groups excluding tert-OH is 1. The number of benzene rings is 1. The second kappa shape index (κ2) is 9.95. The molecule has 0 heterocycles. The number of hydrogen-bond acceptors (Lipinski definition) is 4. The zero-order valence-electron chi connectivity index (χ0n) is 13.3. The fraction of sp³-hybridized carbons (Fsp3) is 0.529. The van der Waals surface area contributed by atoms with E-state index in [1.807, 2.05) is 37.3 Å². The van der Waals surface area contributed by atoms with Gasteiger partial charge in [-0.25, -0.2) is 0 Å². The molecule has 0 aromatic heterocycles. The summed E-state index contributed by atoms with van der Waals surface area (Å²) in [5.41, 5.74) is 1.05. The van der Waals surface area contributed by atoms with Gasteiger partial charge in [0.05, 0.1) is 7.11 Å². The molecule has 1 aromatic rings. The molecule has 0 bridgehead atoms. The van der Waals surface area contributed by atoms with Gasteiger partial charge < -0.3 is 14.7 Å². The molecule has 1 aromatic carbocycles. The zero-order valence-corrected chi connectivity index (χ0v) is 13.3. The van der Waals surface area contributed by atoms with Crippen LogP contribution in [0.25, 0.3) is 0 Å². The summed E-state index contributed by atoms with van der Waals surface area (Å²) in [4.78, 5) is 25.2. The first-order chi connectivity index (χ1) is 10.6. The Morgan fingerprint density at radius 1 is 1.23 bits per heavy atom. The minimum absolute atomic E-state index is 0.00643. The van der Waals surface area contributed by atoms with Crippen molar-refractivity contribution in [1.82, 2.24) is 4.90 Å². The molecule has 1 N–H and O–H groups in total. The SMILES string of the molecule is COC(=O)CCCC(=O)N(Cc1ccccc1)C[C@@H](C)CO. The number of aliphatic hydroxyl groups is 1. The third kappa shape index (κ3) is 6.72. The van der Waals surface area contributed by atoms with Crippen molar-refractivity contribution >= 4 is 11.9 Å². The summed E-state index contributed by atoms with van der Waals surface area (Å²) in [5.74, 6) is -0.285. The summed E-state index contributed by atoms with van der Waals surface area (Å²) < 4.78 is 4.57. The van der Waals surface area contributed by atoms with Crippen LogP contribution in [0.1, 0.15) is 31.7 Å². The Morgan fingerprint density at radius 3 is 2.50 bits per heavy atom. The summed E-state index contributed by atoms with van der Waals surface area (Å²) in [5, 5.41) is 9.21. The van der Waals surface area contributed by atoms with E-state index in [1.165, 1.54) is 7.11 Å². The van der Waals surface area contributed by atoms with E-state index < -0.39 is 0 Å². The highest BCUT2D eigenvalue weighted by atomic mass is 16.5. The second-order valence-electron chi connectivity index (χ2n) is 5.48. The number of amides is 1. The van der Waals surface area contributed by atoms with Crippen molar-refractivity contribution in [2.45, 2.75) is 32.7 Å². The fourth-order valence-electron chi connectivity index (χ4n) is 2.14. The van der Waals surface area contributed by atoms with Crippen molar-refractivity contribution in [3.8, 4) is 0 Å². The molecule has 0 aliphatic carbocycles. The average molecular weight is 307 g/mol. The molecule has 5 heteroatoms. The van der Waals surface area contributed by atoms with Gasteiger partial charge in [0.25, 0.3) is 0 Å². The largest absolute Gasteiger partial charge is 0.469 e. The molecule has 0 saturated carbocycles. The topological polar surface area (TPSA) is 66.8 Å². The van der Waals surface area contributed by atoms with Crippen LogP contribution < -0.4 is 0 Å². The molecule has 5 nitrogen and oxygen atoms in total. The number of esters is 1. The predicted molar refractivity (Wildman–Crippen MR) is 84.0 cm³/mol. The summed E-state index contributed by atoms with van der Waals surface area (Å²) in [7, 11) is 1.34. The Balaban J connectivity index is 2.60. The molecule has 0 saturated heterocycles. The lowest BCUT2D eigenvalue weighted by Gasteiger charge is -2.25. The van der Waals surface area contributed by atoms with Gasteiger partial charge in [-0.15, -0.1) is 0 Å². The molecule has 122 valence electrons. The van der Waals surface area contributed by atoms with E-state index in [1.54, 1.807) is 4.90 Å². The fourth-order valence-corrected chi connectivity index (χ4v) is 2.14. The molecule has 1 amide bonds. The van der Waals surface area contributed by atoms with Crippen LogP contribution in [0, 0.1) is 5.92 Å². The molecular formula is C17H25NO4. The highest BCUT2D eigenvalue weighted by molar-refractivity contribution is 5.77. The Kier molecular flexibility index (Phi) is 8.22. The van der Waals surface area contributed by atoms with Crippen LogP contribution in [0.3, 0.4) is 0 Å². The summed E-state index contributed by atoms with van der Waals surface area (Å²) >= 11 is 0. The third-order valence-corrected chi connectivity index (χ3v) is 3.41. The molecule has 0 aliphatic heterocycles. The van der Waals surface area contributed by atoms with Crippen molar-refractivity contribution in [1.29, 1.82) is 0 Å². The van der Waals surface area contributed by atoms with E-state index in [-0.39, 0.29) is 30.8 Å². The highest BCUT2D eigenvalue weighted by Crippen LogP contribution is 2.11. The standard InChI is InChI=1S/C17H25NO4/c1-14(13-19)11-18(12-15-7-4-3-5-8-15)16(20)9-6-10-17(21)22-2/h3-5,7-8,14,19H,6,9-13H2,1-2H3/t14-/m1/s1. The van der Waals surface area contributed by atoms with Crippen molar-refractivity contribution in [2.75, 3.05) is 20.3 Å². The Labute approximate surface area is 131 Å². The number of nitrogens with zero attached hydrogens (tertiary/aromatic N) is 1. The smallest absolute Gasteiger partial charge is 0.305 e. The van der Waals surface area contributed by atoms with Crippen LogP contribution in [0.15, 0.2) is 30.3 Å². The van der Waals surface area contributed by atoms with E-state index in [2.05, 4.69) is 4.74 Å². The van der Waals surface area contributed by atoms with E-state index in [0.29, 0.717) is 25.9 Å². The summed E-state index contributed by atoms with van der Waals surface area (Å²) in [6.07, 6.45) is 1.03. The van der Waals surface area contributed by atoms with Crippen molar-refractivity contribution in [3.05, 3.63) is 35.9 Å². The van der Waals surface area contributed by atoms with Gasteiger partial charge in [-0.1, -0.05) is 37.3 Å². The molecule has 0 spiro atoms. The first-order valence-corrected chi connectivity index (χ1v) is 7.56. The van der Waals surface area contributed by atoms with Gasteiger partial charge in [0.15, 0.2) is 0 Å². The van der Waals surface area contributed by atoms with Gasteiger partial charge in [-0.05, 0) is 17.9 Å². The summed E-state index contributed by atoms with van der Waals surface area (Å²) in [6, 6.07) is 9.74. The minimum atomic E-state index is -0.300. The van der Waals surface area contributed by atoms with Crippen molar-refractivity contribution in [2.24, 2.45) is 5.92 Å². The van der Waals surface area contributed by atoms with E-state index in [9.17, 15) is 14.7 Å². The van der Waals surface area contributed by atoms with Gasteiger partial charge in [-0.2, -0.15) is 0 Å². The molecule has 1 atom stereocenters. The lowest BCUT2D eigenvalue weighted by atomic mass is 10.1. The lowest BCUT2D eigenvalue weighted by molar-refractivity contribution is -0.141. The van der Waals surface area contributed by atoms with Gasteiger partial charge in [-0.3, -0.25) is 9.59 Å². The maximum Gasteiger partial charge on any atom is 0.305 e. The van der Waals surface area contributed by atoms with Crippen LogP contribution in [0.5, 0.6) is 0 Å². The number of carbonyl (C=O) groups is 2. The maximum atomic E-state index is 12.4. The lowest BCUT2D eigenvalue weighted by Crippen LogP contribution is -2.35. The molecule has 0 radical (unpaired) electrons. The number of ether oxygens (including phenoxy) is 1. The molecule has 0 fully saturated rings. The first-order valence-electron chi connectivity index (χ1n) is 7.56. The number of rotatable bonds is 9. The molecule has 1 rings (SSSR count). The third-order valence-electron chi connectivity index (χ3n) is 3.41. The highest BCUT2D eigenvalue weighted by Gasteiger charge is 2.17. The number of hydrogen-bond donors (Lipinski definition) is 1. The molecule has 0 unspecified atom stereocenters. The van der Waals surface area contributed by atoms with Crippen molar-refractivity contribution in [3.63, 3.8) is 0 Å². The quantitative estimate of drug-likeness (QED) is 0.709. The van der Waals surface area contributed by atoms with Gasteiger partial charge in [0, 0.05) is 32.5 Å². The Hall–Kier alpha value is -1.88. The van der Waals surface area contributed by atoms with Crippen LogP contribution in [0.2, 0.25) is 0 Å². The van der Waals surface area contributed by atoms with Gasteiger partial charge in [0.1, 0.15) is 0 Å². The Bertz CT molecular complexity index is 461. The van der Waals surface area contributed by atoms with E-state index >= 15 is 0 Å². The van der Waals surface area contributed by atoms with Crippen LogP contribution in [-0.4, -0.2) is 42.1 Å². The van der Waals surface area contributed by atoms with E-state index in [0.717, 1.165) is 5.56 Å². The van der Waals surface area contributed by atoms with Crippen LogP contribution >= 0.6 is 0 Å². The maximum absolute atomic E-state index is 12.4. The first kappa shape index (κ1) is 18.2. The predicted octanol–water partition coefficient (Wildman–Crippen LogP) is 1.99. The monoisotopic (exact) mass is 307 g/mol. The van der Waals surface area contributed by atoms with Crippen molar-refractivity contribution < 1.29 is 19.4 Å². The second-order valence-corrected chi connectivity index (χ2v) is 5.48. The minimum Gasteiger partial charge on any atom is -0.469 e. The van der Waals surface area contributed by atoms with Crippen LogP contribution in [-0.2, 0) is 20.9 Å². The molecule has 0 aliphatic rings. The zero-order chi connectivity index (χ0) is 16.4. The van der Waals surface area contributed by atoms with E-state index in [4.69, 9.17) is 0 Å². The summed E-state index contributed by atoms with van der Waals surface area (Å²) in [6.45, 7) is 2.96. The van der Waals surface area contributed by atoms with Gasteiger partial charge >= 0.3 is 5.97 Å². The normalized spacial score (nSPS) is 11.8. The number of carbonyl (C=O) groups excluding carboxylic acids is 2. The number of methoxy groups -OCH3 is 1. The molecular weight excluding hydrogens is 282 g/mol. The molecule has 22 heavy (non-hydrogen) atoms. The Morgan fingerprint density at radius 2 is 1.91 bits per heavy atom. The van der Waals surface area contributed by atoms with Gasteiger partial charge in [0.2, 0.25) is 5.91 Å². The average Bonchev–Trinajstić information content (AvgIpc) is 2.54. The van der Waals surface area contributed by atoms with Crippen LogP contribution in [0.4, 0.5) is 0 Å².